The van der Waals surface area contributed by atoms with Crippen LogP contribution in [-0.2, 0) is 13.0 Å². The quantitative estimate of drug-likeness (QED) is 0.731. The summed E-state index contributed by atoms with van der Waals surface area (Å²) >= 11 is 0. The van der Waals surface area contributed by atoms with Gasteiger partial charge in [-0.25, -0.2) is 4.68 Å². The zero-order valence-corrected chi connectivity index (χ0v) is 11.4. The Morgan fingerprint density at radius 3 is 2.38 bits per heavy atom. The Kier molecular flexibility index (Phi) is 3.82. The summed E-state index contributed by atoms with van der Waals surface area (Å²) in [7, 11) is 0. The van der Waals surface area contributed by atoms with Crippen LogP contribution in [0.15, 0.2) is 65.7 Å². The van der Waals surface area contributed by atoms with Gasteiger partial charge in [0.2, 0.25) is 0 Å². The molecule has 0 N–H and O–H groups in total. The summed E-state index contributed by atoms with van der Waals surface area (Å²) in [5, 5.41) is 4.37. The minimum absolute atomic E-state index is 0.120. The zero-order chi connectivity index (χ0) is 14.5. The fraction of sp³-hybridized carbons (Fsp3) is 0.125. The number of hydrogen-bond acceptors (Lipinski definition) is 4. The molecule has 0 bridgehead atoms. The van der Waals surface area contributed by atoms with Crippen molar-refractivity contribution in [1.29, 1.82) is 0 Å². The van der Waals surface area contributed by atoms with Gasteiger partial charge in [0.05, 0.1) is 12.2 Å². The number of aryl methyl sites for hydroxylation is 2. The van der Waals surface area contributed by atoms with Crippen LogP contribution in [0.2, 0.25) is 0 Å². The van der Waals surface area contributed by atoms with Crippen LogP contribution in [0.4, 0.5) is 0 Å². The Balaban J connectivity index is 1.84. The van der Waals surface area contributed by atoms with Crippen molar-refractivity contribution in [3.05, 3.63) is 77.0 Å². The standard InChI is InChI=1S/C16H14N4O/c21-16-8-7-15(14-6-2-4-11-18-14)19-20(16)12-9-13-5-1-3-10-17-13/h1-8,10-11H,9,12H2. The van der Waals surface area contributed by atoms with Crippen molar-refractivity contribution in [1.82, 2.24) is 19.7 Å². The maximum absolute atomic E-state index is 11.9. The molecule has 0 fully saturated rings. The molecule has 0 aliphatic carbocycles. The van der Waals surface area contributed by atoms with Gasteiger partial charge < -0.3 is 0 Å². The number of nitrogens with zero attached hydrogens (tertiary/aromatic N) is 4. The summed E-state index contributed by atoms with van der Waals surface area (Å²) in [5.41, 5.74) is 2.26. The number of hydrogen-bond donors (Lipinski definition) is 0. The molecule has 0 unspecified atom stereocenters. The lowest BCUT2D eigenvalue weighted by Gasteiger charge is -2.06. The molecule has 0 aliphatic rings. The Morgan fingerprint density at radius 1 is 0.857 bits per heavy atom. The first-order valence-corrected chi connectivity index (χ1v) is 6.72. The molecule has 3 aromatic rings. The number of aromatic nitrogens is 4. The zero-order valence-electron chi connectivity index (χ0n) is 11.4. The van der Waals surface area contributed by atoms with E-state index < -0.39 is 0 Å². The van der Waals surface area contributed by atoms with Gasteiger partial charge in [0.25, 0.3) is 5.56 Å². The molecule has 0 aromatic carbocycles. The Morgan fingerprint density at radius 2 is 1.67 bits per heavy atom. The molecule has 3 rings (SSSR count). The summed E-state index contributed by atoms with van der Waals surface area (Å²) < 4.78 is 1.46. The predicted molar refractivity (Wildman–Crippen MR) is 79.7 cm³/mol. The lowest BCUT2D eigenvalue weighted by Crippen LogP contribution is -2.23. The second-order valence-electron chi connectivity index (χ2n) is 4.57. The molecule has 21 heavy (non-hydrogen) atoms. The molecule has 0 amide bonds. The second-order valence-corrected chi connectivity index (χ2v) is 4.57. The largest absolute Gasteiger partial charge is 0.268 e. The van der Waals surface area contributed by atoms with E-state index in [0.29, 0.717) is 18.7 Å². The van der Waals surface area contributed by atoms with Crippen molar-refractivity contribution in [2.45, 2.75) is 13.0 Å². The third-order valence-electron chi connectivity index (χ3n) is 3.10. The molecular weight excluding hydrogens is 264 g/mol. The molecule has 5 nitrogen and oxygen atoms in total. The normalized spacial score (nSPS) is 10.5. The maximum atomic E-state index is 11.9. The fourth-order valence-electron chi connectivity index (χ4n) is 2.03. The highest BCUT2D eigenvalue weighted by atomic mass is 16.1. The smallest absolute Gasteiger partial charge is 0.266 e. The molecule has 0 radical (unpaired) electrons. The molecule has 3 aromatic heterocycles. The van der Waals surface area contributed by atoms with Crippen LogP contribution in [0.5, 0.6) is 0 Å². The molecule has 104 valence electrons. The summed E-state index contributed by atoms with van der Waals surface area (Å²) in [6, 6.07) is 14.6. The van der Waals surface area contributed by atoms with Crippen molar-refractivity contribution in [2.75, 3.05) is 0 Å². The van der Waals surface area contributed by atoms with Gasteiger partial charge in [-0.15, -0.1) is 0 Å². The van der Waals surface area contributed by atoms with Crippen LogP contribution in [0.1, 0.15) is 5.69 Å². The van der Waals surface area contributed by atoms with Crippen LogP contribution < -0.4 is 5.56 Å². The predicted octanol–water partition coefficient (Wildman–Crippen LogP) is 1.94. The average molecular weight is 278 g/mol. The van der Waals surface area contributed by atoms with Crippen LogP contribution in [0.3, 0.4) is 0 Å². The van der Waals surface area contributed by atoms with Gasteiger partial charge in [-0.05, 0) is 30.3 Å². The molecule has 0 atom stereocenters. The topological polar surface area (TPSA) is 60.7 Å². The van der Waals surface area contributed by atoms with E-state index >= 15 is 0 Å². The maximum Gasteiger partial charge on any atom is 0.266 e. The van der Waals surface area contributed by atoms with Gasteiger partial charge in [-0.2, -0.15) is 5.10 Å². The Hall–Kier alpha value is -2.82. The summed E-state index contributed by atoms with van der Waals surface area (Å²) in [6.45, 7) is 0.497. The van der Waals surface area contributed by atoms with Gasteiger partial charge >= 0.3 is 0 Å². The monoisotopic (exact) mass is 278 g/mol. The number of rotatable bonds is 4. The summed E-state index contributed by atoms with van der Waals surface area (Å²) in [4.78, 5) is 20.4. The van der Waals surface area contributed by atoms with Crippen LogP contribution in [0.25, 0.3) is 11.4 Å². The van der Waals surface area contributed by atoms with E-state index in [9.17, 15) is 4.79 Å². The molecule has 0 saturated carbocycles. The van der Waals surface area contributed by atoms with E-state index in [-0.39, 0.29) is 5.56 Å². The van der Waals surface area contributed by atoms with Gasteiger partial charge in [-0.3, -0.25) is 14.8 Å². The third-order valence-corrected chi connectivity index (χ3v) is 3.10. The van der Waals surface area contributed by atoms with Gasteiger partial charge in [0.1, 0.15) is 5.69 Å². The van der Waals surface area contributed by atoms with E-state index in [2.05, 4.69) is 15.1 Å². The van der Waals surface area contributed by atoms with Crippen LogP contribution >= 0.6 is 0 Å². The first-order valence-electron chi connectivity index (χ1n) is 6.72. The minimum atomic E-state index is -0.120. The third kappa shape index (κ3) is 3.20. The highest BCUT2D eigenvalue weighted by Crippen LogP contribution is 2.10. The average Bonchev–Trinajstić information content (AvgIpc) is 2.56. The van der Waals surface area contributed by atoms with E-state index in [4.69, 9.17) is 0 Å². The van der Waals surface area contributed by atoms with Gasteiger partial charge in [-0.1, -0.05) is 12.1 Å². The van der Waals surface area contributed by atoms with Gasteiger partial charge in [0, 0.05) is 30.6 Å². The molecule has 0 saturated heterocycles. The van der Waals surface area contributed by atoms with Crippen molar-refractivity contribution < 1.29 is 0 Å². The molecule has 0 aliphatic heterocycles. The summed E-state index contributed by atoms with van der Waals surface area (Å²) in [6.07, 6.45) is 4.12. The molecule has 5 heteroatoms. The highest BCUT2D eigenvalue weighted by Gasteiger charge is 2.04. The molecule has 3 heterocycles. The van der Waals surface area contributed by atoms with Crippen LogP contribution in [0, 0.1) is 0 Å². The van der Waals surface area contributed by atoms with Crippen molar-refractivity contribution in [3.63, 3.8) is 0 Å². The lowest BCUT2D eigenvalue weighted by molar-refractivity contribution is 0.575. The highest BCUT2D eigenvalue weighted by molar-refractivity contribution is 5.52. The Labute approximate surface area is 121 Å². The SMILES string of the molecule is O=c1ccc(-c2ccccn2)nn1CCc1ccccn1. The van der Waals surface area contributed by atoms with E-state index in [1.807, 2.05) is 36.4 Å². The first-order chi connectivity index (χ1) is 10.3. The minimum Gasteiger partial charge on any atom is -0.268 e. The van der Waals surface area contributed by atoms with Gasteiger partial charge in [0.15, 0.2) is 0 Å². The van der Waals surface area contributed by atoms with E-state index in [1.54, 1.807) is 18.5 Å². The summed E-state index contributed by atoms with van der Waals surface area (Å²) in [5.74, 6) is 0. The molecular formula is C16H14N4O. The van der Waals surface area contributed by atoms with E-state index in [1.165, 1.54) is 10.7 Å². The molecule has 0 spiro atoms. The van der Waals surface area contributed by atoms with E-state index in [0.717, 1.165) is 11.4 Å². The van der Waals surface area contributed by atoms with Crippen LogP contribution in [-0.4, -0.2) is 19.7 Å². The number of pyridine rings is 2. The Bertz CT molecular complexity index is 769. The van der Waals surface area contributed by atoms with Crippen molar-refractivity contribution in [3.8, 4) is 11.4 Å². The van der Waals surface area contributed by atoms with Crippen molar-refractivity contribution in [2.24, 2.45) is 0 Å². The first kappa shape index (κ1) is 13.2. The second kappa shape index (κ2) is 6.09. The van der Waals surface area contributed by atoms with Crippen molar-refractivity contribution >= 4 is 0 Å². The fourth-order valence-corrected chi connectivity index (χ4v) is 2.03. The lowest BCUT2D eigenvalue weighted by atomic mass is 10.2.